The molecular weight excluding hydrogens is 296 g/mol. The van der Waals surface area contributed by atoms with E-state index in [9.17, 15) is 9.90 Å². The first-order valence-electron chi connectivity index (χ1n) is 7.67. The number of aliphatic hydroxyl groups is 1. The van der Waals surface area contributed by atoms with E-state index in [2.05, 4.69) is 45.7 Å². The quantitative estimate of drug-likeness (QED) is 0.482. The fourth-order valence-corrected chi connectivity index (χ4v) is 3.26. The zero-order chi connectivity index (χ0) is 16.9. The minimum atomic E-state index is -1.95. The maximum atomic E-state index is 12.2. The molecule has 3 unspecified atom stereocenters. The highest BCUT2D eigenvalue weighted by Gasteiger charge is 2.55. The summed E-state index contributed by atoms with van der Waals surface area (Å²) in [7, 11) is -1.95. The lowest BCUT2D eigenvalue weighted by Gasteiger charge is -2.38. The van der Waals surface area contributed by atoms with Crippen molar-refractivity contribution in [2.24, 2.45) is 0 Å². The van der Waals surface area contributed by atoms with Crippen LogP contribution in [0.15, 0.2) is 11.6 Å². The van der Waals surface area contributed by atoms with Gasteiger partial charge in [0.05, 0.1) is 11.7 Å². The topological polar surface area (TPSA) is 59.1 Å². The summed E-state index contributed by atoms with van der Waals surface area (Å²) in [6.45, 7) is 14.1. The second kappa shape index (κ2) is 5.31. The van der Waals surface area contributed by atoms with Gasteiger partial charge in [-0.05, 0) is 38.1 Å². The molecule has 1 aliphatic carbocycles. The molecule has 2 rings (SSSR count). The number of rotatable bonds is 2. The summed E-state index contributed by atoms with van der Waals surface area (Å²) >= 11 is 0. The monoisotopic (exact) mass is 322 g/mol. The highest BCUT2D eigenvalue weighted by atomic mass is 28.4. The van der Waals surface area contributed by atoms with Crippen molar-refractivity contribution in [3.8, 4) is 11.8 Å². The Bertz CT molecular complexity index is 566. The third-order valence-corrected chi connectivity index (χ3v) is 8.92. The van der Waals surface area contributed by atoms with E-state index in [0.717, 1.165) is 0 Å². The molecule has 0 spiro atoms. The number of carbonyl (C=O) groups is 1. The summed E-state index contributed by atoms with van der Waals surface area (Å²) < 4.78 is 11.9. The number of hydrogen-bond donors (Lipinski definition) is 1. The Kier molecular flexibility index (Phi) is 4.20. The van der Waals surface area contributed by atoms with Crippen molar-refractivity contribution >= 4 is 14.1 Å². The molecule has 1 heterocycles. The van der Waals surface area contributed by atoms with E-state index in [1.165, 1.54) is 0 Å². The lowest BCUT2D eigenvalue weighted by Crippen LogP contribution is -2.46. The van der Waals surface area contributed by atoms with Crippen LogP contribution in [0.1, 0.15) is 34.6 Å². The summed E-state index contributed by atoms with van der Waals surface area (Å²) in [5.74, 6) is 5.38. The smallest absolute Gasteiger partial charge is 0.202 e. The molecule has 0 aromatic rings. The molecule has 1 fully saturated rings. The van der Waals surface area contributed by atoms with Gasteiger partial charge < -0.3 is 14.3 Å². The van der Waals surface area contributed by atoms with Crippen molar-refractivity contribution in [1.29, 1.82) is 0 Å². The average Bonchev–Trinajstić information content (AvgIpc) is 3.08. The van der Waals surface area contributed by atoms with Crippen molar-refractivity contribution in [2.45, 2.75) is 76.7 Å². The molecular formula is C17H26O4Si. The summed E-state index contributed by atoms with van der Waals surface area (Å²) in [4.78, 5) is 12.2. The Morgan fingerprint density at radius 1 is 1.27 bits per heavy atom. The van der Waals surface area contributed by atoms with Crippen LogP contribution >= 0.6 is 0 Å². The van der Waals surface area contributed by atoms with Gasteiger partial charge in [-0.25, -0.2) is 0 Å². The number of Topliss-reactive ketones (excluding diaryl/α,β-unsaturated/α-hetero) is 1. The predicted octanol–water partition coefficient (Wildman–Crippen LogP) is 2.43. The second-order valence-electron chi connectivity index (χ2n) is 8.12. The Labute approximate surface area is 134 Å². The Hall–Kier alpha value is -0.933. The van der Waals surface area contributed by atoms with E-state index >= 15 is 0 Å². The van der Waals surface area contributed by atoms with Crippen LogP contribution < -0.4 is 0 Å². The number of epoxide rings is 1. The molecule has 22 heavy (non-hydrogen) atoms. The number of hydrogen-bond acceptors (Lipinski definition) is 4. The second-order valence-corrected chi connectivity index (χ2v) is 12.9. The van der Waals surface area contributed by atoms with Gasteiger partial charge >= 0.3 is 0 Å². The van der Waals surface area contributed by atoms with E-state index in [4.69, 9.17) is 9.16 Å². The van der Waals surface area contributed by atoms with Crippen LogP contribution in [0.5, 0.6) is 0 Å². The highest BCUT2D eigenvalue weighted by Crippen LogP contribution is 2.42. The third-order valence-electron chi connectivity index (χ3n) is 4.44. The van der Waals surface area contributed by atoms with Gasteiger partial charge in [0.1, 0.15) is 11.7 Å². The average molecular weight is 322 g/mol. The molecule has 0 radical (unpaired) electrons. The Morgan fingerprint density at radius 2 is 1.86 bits per heavy atom. The minimum Gasteiger partial charge on any atom is -0.408 e. The molecule has 1 aliphatic heterocycles. The molecule has 4 nitrogen and oxygen atoms in total. The predicted molar refractivity (Wildman–Crippen MR) is 87.9 cm³/mol. The maximum Gasteiger partial charge on any atom is 0.202 e. The van der Waals surface area contributed by atoms with Gasteiger partial charge in [-0.1, -0.05) is 32.6 Å². The van der Waals surface area contributed by atoms with Crippen molar-refractivity contribution in [1.82, 2.24) is 0 Å². The maximum absolute atomic E-state index is 12.2. The van der Waals surface area contributed by atoms with Crippen LogP contribution in [-0.2, 0) is 14.0 Å². The molecule has 122 valence electrons. The van der Waals surface area contributed by atoms with Crippen molar-refractivity contribution in [2.75, 3.05) is 0 Å². The summed E-state index contributed by atoms with van der Waals surface area (Å²) in [6, 6.07) is 0. The van der Waals surface area contributed by atoms with E-state index in [1.54, 1.807) is 19.9 Å². The highest BCUT2D eigenvalue weighted by molar-refractivity contribution is 6.74. The molecule has 5 heteroatoms. The standard InChI is InChI=1S/C17H26O4Si/c1-16(2,3)22(6,7)21-12-10-11(8-9-17(4,5)19)13(18)15-14(12)20-15/h10,12,14-15,19H,1-7H3. The van der Waals surface area contributed by atoms with Gasteiger partial charge in [-0.2, -0.15) is 0 Å². The molecule has 0 saturated carbocycles. The number of carbonyl (C=O) groups excluding carboxylic acids is 1. The van der Waals surface area contributed by atoms with E-state index < -0.39 is 20.0 Å². The molecule has 0 aromatic heterocycles. The lowest BCUT2D eigenvalue weighted by atomic mass is 9.96. The van der Waals surface area contributed by atoms with Gasteiger partial charge in [-0.15, -0.1) is 0 Å². The van der Waals surface area contributed by atoms with Gasteiger partial charge in [0.2, 0.25) is 5.78 Å². The molecule has 0 bridgehead atoms. The zero-order valence-electron chi connectivity index (χ0n) is 14.5. The SMILES string of the molecule is CC(C)(O)C#CC1=CC(O[Si](C)(C)C(C)(C)C)C2OC2C1=O. The first-order valence-corrected chi connectivity index (χ1v) is 10.6. The van der Waals surface area contributed by atoms with Crippen LogP contribution in [0.25, 0.3) is 0 Å². The van der Waals surface area contributed by atoms with E-state index in [-0.39, 0.29) is 23.0 Å². The summed E-state index contributed by atoms with van der Waals surface area (Å²) in [5, 5.41) is 9.79. The number of ketones is 1. The van der Waals surface area contributed by atoms with Gasteiger partial charge in [-0.3, -0.25) is 4.79 Å². The number of fused-ring (bicyclic) bond motifs is 1. The van der Waals surface area contributed by atoms with Crippen LogP contribution in [0.4, 0.5) is 0 Å². The first kappa shape index (κ1) is 17.4. The van der Waals surface area contributed by atoms with Crippen LogP contribution in [0.2, 0.25) is 18.1 Å². The van der Waals surface area contributed by atoms with Crippen LogP contribution in [-0.4, -0.2) is 43.1 Å². The largest absolute Gasteiger partial charge is 0.408 e. The fraction of sp³-hybridized carbons (Fsp3) is 0.706. The molecule has 3 atom stereocenters. The van der Waals surface area contributed by atoms with Crippen LogP contribution in [0.3, 0.4) is 0 Å². The van der Waals surface area contributed by atoms with Crippen LogP contribution in [0, 0.1) is 11.8 Å². The Balaban J connectivity index is 2.24. The van der Waals surface area contributed by atoms with Crippen molar-refractivity contribution in [3.63, 3.8) is 0 Å². The normalized spacial score (nSPS) is 28.5. The van der Waals surface area contributed by atoms with Gasteiger partial charge in [0, 0.05) is 0 Å². The molecule has 1 saturated heterocycles. The minimum absolute atomic E-state index is 0.0889. The zero-order valence-corrected chi connectivity index (χ0v) is 15.5. The Morgan fingerprint density at radius 3 is 2.36 bits per heavy atom. The van der Waals surface area contributed by atoms with E-state index in [1.807, 2.05) is 0 Å². The lowest BCUT2D eigenvalue weighted by molar-refractivity contribution is -0.116. The molecule has 0 amide bonds. The molecule has 0 aromatic carbocycles. The summed E-state index contributed by atoms with van der Waals surface area (Å²) in [5.41, 5.74) is -0.734. The number of ether oxygens (including phenoxy) is 1. The summed E-state index contributed by atoms with van der Waals surface area (Å²) in [6.07, 6.45) is 0.949. The third kappa shape index (κ3) is 3.69. The first-order chi connectivity index (χ1) is 9.82. The van der Waals surface area contributed by atoms with Crippen molar-refractivity contribution < 1.29 is 19.1 Å². The van der Waals surface area contributed by atoms with Gasteiger partial charge in [0.15, 0.2) is 14.4 Å². The fourth-order valence-electron chi connectivity index (χ4n) is 2.02. The molecule has 1 N–H and O–H groups in total. The van der Waals surface area contributed by atoms with Crippen molar-refractivity contribution in [3.05, 3.63) is 11.6 Å². The van der Waals surface area contributed by atoms with E-state index in [0.29, 0.717) is 5.57 Å². The molecule has 2 aliphatic rings. The van der Waals surface area contributed by atoms with Gasteiger partial charge in [0.25, 0.3) is 0 Å².